The number of amides is 1. The topological polar surface area (TPSA) is 98.7 Å². The lowest BCUT2D eigenvalue weighted by Crippen LogP contribution is -2.67. The zero-order valence-corrected chi connectivity index (χ0v) is 21.2. The third-order valence-electron chi connectivity index (χ3n) is 8.83. The number of nitrogens with zero attached hydrogens (tertiary/aromatic N) is 2. The molecule has 1 amide bonds. The highest BCUT2D eigenvalue weighted by atomic mass is 19.4. The Bertz CT molecular complexity index is 794. The molecule has 2 aliphatic heterocycles. The fourth-order valence-corrected chi connectivity index (χ4v) is 6.88. The number of nitrogens with one attached hydrogen (secondary N) is 3. The second-order valence-electron chi connectivity index (χ2n) is 10.9. The number of rotatable bonds is 7. The fraction of sp³-hybridized carbons (Fsp3) is 0.920. The molecule has 0 aromatic carbocycles. The van der Waals surface area contributed by atoms with E-state index in [0.29, 0.717) is 18.8 Å². The molecular formula is C25H40F3N5O3. The molecule has 0 aromatic heterocycles. The summed E-state index contributed by atoms with van der Waals surface area (Å²) in [4.78, 5) is 13.3. The summed E-state index contributed by atoms with van der Waals surface area (Å²) in [7, 11) is 3.25. The monoisotopic (exact) mass is 515 g/mol. The summed E-state index contributed by atoms with van der Waals surface area (Å²) in [6, 6.07) is 0.176. The van der Waals surface area contributed by atoms with Crippen molar-refractivity contribution in [3.8, 4) is 6.07 Å². The molecule has 8 nitrogen and oxygen atoms in total. The molecule has 36 heavy (non-hydrogen) atoms. The molecule has 11 heteroatoms. The van der Waals surface area contributed by atoms with Gasteiger partial charge in [0.25, 0.3) is 0 Å². The van der Waals surface area contributed by atoms with Crippen molar-refractivity contribution in [2.45, 2.75) is 107 Å². The van der Waals surface area contributed by atoms with Crippen molar-refractivity contribution in [2.75, 3.05) is 20.8 Å². The number of hydrogen-bond donors (Lipinski definition) is 3. The summed E-state index contributed by atoms with van der Waals surface area (Å²) in [5.74, 6) is -0.403. The van der Waals surface area contributed by atoms with Gasteiger partial charge in [-0.05, 0) is 56.8 Å². The molecule has 0 bridgehead atoms. The SMILES string of the molecule is COC1CCC(C2CC(C(F)(F)F)N3NCC(C(=O)NC4CCCC(CCC#N)C4)C3N2)CC1OC. The number of hydrazine groups is 1. The average Bonchev–Trinajstić information content (AvgIpc) is 3.30. The normalized spacial score (nSPS) is 39.8. The lowest BCUT2D eigenvalue weighted by Gasteiger charge is -2.47. The summed E-state index contributed by atoms with van der Waals surface area (Å²) in [5.41, 5.74) is 2.89. The Labute approximate surface area is 211 Å². The van der Waals surface area contributed by atoms with Gasteiger partial charge in [0, 0.05) is 39.3 Å². The number of ether oxygens (including phenoxy) is 2. The van der Waals surface area contributed by atoms with Crippen LogP contribution >= 0.6 is 0 Å². The van der Waals surface area contributed by atoms with Crippen molar-refractivity contribution in [3.63, 3.8) is 0 Å². The van der Waals surface area contributed by atoms with Crippen LogP contribution in [0.1, 0.15) is 64.2 Å². The first-order chi connectivity index (χ1) is 17.2. The number of methoxy groups -OCH3 is 2. The zero-order valence-electron chi connectivity index (χ0n) is 21.2. The molecule has 2 saturated heterocycles. The number of alkyl halides is 3. The van der Waals surface area contributed by atoms with Crippen molar-refractivity contribution in [1.29, 1.82) is 5.26 Å². The molecule has 0 radical (unpaired) electrons. The second-order valence-corrected chi connectivity index (χ2v) is 10.9. The average molecular weight is 516 g/mol. The van der Waals surface area contributed by atoms with Crippen LogP contribution in [0.15, 0.2) is 0 Å². The Kier molecular flexibility index (Phi) is 9.15. The molecule has 4 aliphatic rings. The minimum Gasteiger partial charge on any atom is -0.379 e. The van der Waals surface area contributed by atoms with E-state index >= 15 is 0 Å². The van der Waals surface area contributed by atoms with Gasteiger partial charge in [-0.2, -0.15) is 18.4 Å². The molecule has 9 atom stereocenters. The van der Waals surface area contributed by atoms with Crippen LogP contribution in [0.3, 0.4) is 0 Å². The first kappa shape index (κ1) is 27.6. The van der Waals surface area contributed by atoms with Crippen LogP contribution in [0.4, 0.5) is 13.2 Å². The molecule has 2 heterocycles. The van der Waals surface area contributed by atoms with E-state index < -0.39 is 24.3 Å². The predicted molar refractivity (Wildman–Crippen MR) is 126 cm³/mol. The number of nitriles is 1. The lowest BCUT2D eigenvalue weighted by atomic mass is 9.77. The van der Waals surface area contributed by atoms with Crippen molar-refractivity contribution in [2.24, 2.45) is 17.8 Å². The van der Waals surface area contributed by atoms with Gasteiger partial charge >= 0.3 is 6.18 Å². The van der Waals surface area contributed by atoms with Crippen LogP contribution < -0.4 is 16.1 Å². The third kappa shape index (κ3) is 6.16. The lowest BCUT2D eigenvalue weighted by molar-refractivity contribution is -0.212. The largest absolute Gasteiger partial charge is 0.405 e. The van der Waals surface area contributed by atoms with Crippen molar-refractivity contribution >= 4 is 5.91 Å². The van der Waals surface area contributed by atoms with E-state index in [9.17, 15) is 18.0 Å². The molecule has 4 fully saturated rings. The van der Waals surface area contributed by atoms with Crippen molar-refractivity contribution in [1.82, 2.24) is 21.1 Å². The van der Waals surface area contributed by atoms with Gasteiger partial charge in [-0.15, -0.1) is 0 Å². The van der Waals surface area contributed by atoms with Crippen molar-refractivity contribution < 1.29 is 27.4 Å². The van der Waals surface area contributed by atoms with E-state index in [-0.39, 0.29) is 49.1 Å². The van der Waals surface area contributed by atoms with Crippen LogP contribution in [0, 0.1) is 29.1 Å². The van der Waals surface area contributed by atoms with E-state index in [2.05, 4.69) is 22.1 Å². The highest BCUT2D eigenvalue weighted by Crippen LogP contribution is 2.40. The highest BCUT2D eigenvalue weighted by Gasteiger charge is 2.56. The van der Waals surface area contributed by atoms with E-state index in [4.69, 9.17) is 14.7 Å². The number of carbonyl (C=O) groups is 1. The van der Waals surface area contributed by atoms with Crippen LogP contribution in [0.25, 0.3) is 0 Å². The summed E-state index contributed by atoms with van der Waals surface area (Å²) in [6.07, 6.45) is 1.78. The van der Waals surface area contributed by atoms with E-state index in [1.165, 1.54) is 5.01 Å². The Hall–Kier alpha value is -1.45. The molecule has 2 aliphatic carbocycles. The van der Waals surface area contributed by atoms with Crippen molar-refractivity contribution in [3.05, 3.63) is 0 Å². The molecule has 3 N–H and O–H groups in total. The number of hydrogen-bond acceptors (Lipinski definition) is 7. The van der Waals surface area contributed by atoms with Gasteiger partial charge in [-0.25, -0.2) is 5.01 Å². The maximum absolute atomic E-state index is 14.1. The molecule has 204 valence electrons. The summed E-state index contributed by atoms with van der Waals surface area (Å²) in [6.45, 7) is 0.171. The molecule has 0 aromatic rings. The molecule has 2 saturated carbocycles. The first-order valence-electron chi connectivity index (χ1n) is 13.3. The molecule has 0 spiro atoms. The maximum Gasteiger partial charge on any atom is 0.405 e. The van der Waals surface area contributed by atoms with E-state index in [0.717, 1.165) is 44.9 Å². The van der Waals surface area contributed by atoms with Gasteiger partial charge in [-0.1, -0.05) is 12.8 Å². The minimum atomic E-state index is -4.40. The molecule has 4 rings (SSSR count). The maximum atomic E-state index is 14.1. The van der Waals surface area contributed by atoms with Gasteiger partial charge in [-0.3, -0.25) is 15.5 Å². The van der Waals surface area contributed by atoms with Crippen LogP contribution in [-0.2, 0) is 14.3 Å². The van der Waals surface area contributed by atoms with Crippen LogP contribution in [-0.4, -0.2) is 74.4 Å². The van der Waals surface area contributed by atoms with Crippen LogP contribution in [0.2, 0.25) is 0 Å². The number of fused-ring (bicyclic) bond motifs is 1. The molecule has 9 unspecified atom stereocenters. The summed E-state index contributed by atoms with van der Waals surface area (Å²) in [5, 5.41) is 16.7. The van der Waals surface area contributed by atoms with E-state index in [1.54, 1.807) is 14.2 Å². The predicted octanol–water partition coefficient (Wildman–Crippen LogP) is 2.85. The van der Waals surface area contributed by atoms with Gasteiger partial charge in [0.05, 0.1) is 30.4 Å². The minimum absolute atomic E-state index is 0.00794. The first-order valence-corrected chi connectivity index (χ1v) is 13.3. The number of carbonyl (C=O) groups excluding carboxylic acids is 1. The summed E-state index contributed by atoms with van der Waals surface area (Å²) >= 11 is 0. The Morgan fingerprint density at radius 1 is 1.11 bits per heavy atom. The summed E-state index contributed by atoms with van der Waals surface area (Å²) < 4.78 is 53.5. The number of halogens is 3. The van der Waals surface area contributed by atoms with Gasteiger partial charge < -0.3 is 14.8 Å². The second kappa shape index (κ2) is 11.9. The standard InChI is InChI=1S/C25H40F3N5O3/c1-35-20-9-8-16(12-21(20)36-2)19-13-22(25(26,27)28)33-23(32-19)18(14-30-33)24(34)31-17-7-3-5-15(11-17)6-4-10-29/h15-23,30,32H,3-9,11-14H2,1-2H3,(H,31,34). The quantitative estimate of drug-likeness (QED) is 0.480. The van der Waals surface area contributed by atoms with Crippen LogP contribution in [0.5, 0.6) is 0 Å². The molecular weight excluding hydrogens is 475 g/mol. The van der Waals surface area contributed by atoms with Gasteiger partial charge in [0.15, 0.2) is 0 Å². The third-order valence-corrected chi connectivity index (χ3v) is 8.83. The Morgan fingerprint density at radius 3 is 2.58 bits per heavy atom. The fourth-order valence-electron chi connectivity index (χ4n) is 6.88. The van der Waals surface area contributed by atoms with Gasteiger partial charge in [0.2, 0.25) is 5.91 Å². The Balaban J connectivity index is 1.44. The zero-order chi connectivity index (χ0) is 25.9. The smallest absolute Gasteiger partial charge is 0.379 e. The van der Waals surface area contributed by atoms with E-state index in [1.807, 2.05) is 0 Å². The Morgan fingerprint density at radius 2 is 1.89 bits per heavy atom. The highest BCUT2D eigenvalue weighted by molar-refractivity contribution is 5.80. The van der Waals surface area contributed by atoms with Gasteiger partial charge in [0.1, 0.15) is 6.04 Å².